The van der Waals surface area contributed by atoms with E-state index in [1.54, 1.807) is 0 Å². The summed E-state index contributed by atoms with van der Waals surface area (Å²) in [6.45, 7) is 20.4. The third kappa shape index (κ3) is 20.0. The van der Waals surface area contributed by atoms with E-state index in [4.69, 9.17) is 24.5 Å². The Morgan fingerprint density at radius 3 is 1.79 bits per heavy atom. The molecule has 4 rings (SSSR count). The molecule has 0 spiro atoms. The first-order valence-corrected chi connectivity index (χ1v) is 21.7. The summed E-state index contributed by atoms with van der Waals surface area (Å²) >= 11 is 2.36. The lowest BCUT2D eigenvalue weighted by atomic mass is 9.67. The molecule has 0 saturated heterocycles. The Hall–Kier alpha value is -3.52. The van der Waals surface area contributed by atoms with Gasteiger partial charge in [-0.1, -0.05) is 91.8 Å². The molecule has 2 atom stereocenters. The molecule has 3 aromatic rings. The van der Waals surface area contributed by atoms with Crippen LogP contribution in [0.2, 0.25) is 0 Å². The van der Waals surface area contributed by atoms with Crippen LogP contribution < -0.4 is 0 Å². The van der Waals surface area contributed by atoms with Gasteiger partial charge in [0.1, 0.15) is 14.9 Å². The minimum atomic E-state index is -0.531. The summed E-state index contributed by atoms with van der Waals surface area (Å²) in [6, 6.07) is 19.6. The van der Waals surface area contributed by atoms with Crippen molar-refractivity contribution in [3.8, 4) is 0 Å². The van der Waals surface area contributed by atoms with Crippen molar-refractivity contribution in [2.75, 3.05) is 13.2 Å². The quantitative estimate of drug-likeness (QED) is 0.0271. The molecule has 0 aliphatic heterocycles. The zero-order valence-electron chi connectivity index (χ0n) is 36.3. The summed E-state index contributed by atoms with van der Waals surface area (Å²) in [5.41, 5.74) is 11.3. The Balaban J connectivity index is 0.000000340. The van der Waals surface area contributed by atoms with Crippen molar-refractivity contribution in [1.29, 1.82) is 0 Å². The number of rotatable bonds is 20. The molecule has 2 aromatic carbocycles. The highest BCUT2D eigenvalue weighted by Crippen LogP contribution is 2.47. The van der Waals surface area contributed by atoms with Crippen molar-refractivity contribution in [1.82, 2.24) is 15.0 Å². The predicted molar refractivity (Wildman–Crippen MR) is 236 cm³/mol. The van der Waals surface area contributed by atoms with Crippen molar-refractivity contribution in [2.24, 2.45) is 16.4 Å². The Morgan fingerprint density at radius 1 is 0.810 bits per heavy atom. The first-order valence-electron chi connectivity index (χ1n) is 20.6. The van der Waals surface area contributed by atoms with Crippen molar-refractivity contribution < 1.29 is 28.5 Å². The number of nitrogens with zero attached hydrogens (tertiary/aromatic N) is 6. The molecule has 12 nitrogen and oxygen atoms in total. The Kier molecular flexibility index (Phi) is 20.1. The summed E-state index contributed by atoms with van der Waals surface area (Å²) in [6.07, 6.45) is 6.92. The van der Waals surface area contributed by atoms with Crippen LogP contribution in [0.5, 0.6) is 0 Å². The molecule has 0 radical (unpaired) electrons. The Bertz CT molecular complexity index is 1700. The SMILES string of the molecule is CC(C)(C)CC1CC(c2nnn([C@@H](CCCOCc3ccccc3)CC(=O)OC(C)(C)C)c2I)C1.CC(C)(C)OC(=O)C[C@H](CCCOCc1ccccc1)N=[N+]=[N-]. The van der Waals surface area contributed by atoms with Crippen LogP contribution in [0.15, 0.2) is 65.8 Å². The smallest absolute Gasteiger partial charge is 0.308 e. The zero-order chi connectivity index (χ0) is 42.8. The van der Waals surface area contributed by atoms with Gasteiger partial charge in [-0.05, 0) is 137 Å². The number of carbonyl (C=O) groups is 2. The molecule has 13 heteroatoms. The van der Waals surface area contributed by atoms with Crippen LogP contribution in [0.4, 0.5) is 0 Å². The lowest BCUT2D eigenvalue weighted by molar-refractivity contribution is -0.156. The van der Waals surface area contributed by atoms with Crippen LogP contribution in [-0.4, -0.2) is 57.4 Å². The number of esters is 2. The van der Waals surface area contributed by atoms with Crippen molar-refractivity contribution >= 4 is 34.5 Å². The molecule has 1 saturated carbocycles. The standard InChI is InChI=1S/C28H42IN3O3.C17H25N3O3/c1-27(2,3)18-21-15-22(16-21)25-26(29)32(31-30-25)23(17-24(33)35-28(4,5)6)13-10-14-34-19-20-11-8-7-9-12-20;1-17(2,3)23-16(21)12-15(19-20-18)10-7-11-22-13-14-8-5-4-6-9-14/h7-9,11-12,21-23H,10,13-19H2,1-6H3;4-6,8-9,15H,7,10-13H2,1-3H3/t21?,22?,23-;15-/m00/s1. The second-order valence-corrected chi connectivity index (χ2v) is 19.5. The first kappa shape index (κ1) is 48.8. The van der Waals surface area contributed by atoms with Gasteiger partial charge in [0.15, 0.2) is 0 Å². The van der Waals surface area contributed by atoms with Crippen molar-refractivity contribution in [3.05, 3.63) is 91.6 Å². The van der Waals surface area contributed by atoms with Crippen molar-refractivity contribution in [3.63, 3.8) is 0 Å². The van der Waals surface area contributed by atoms with Gasteiger partial charge in [0.2, 0.25) is 0 Å². The molecule has 1 heterocycles. The largest absolute Gasteiger partial charge is 0.460 e. The minimum absolute atomic E-state index is 0.0937. The maximum atomic E-state index is 12.7. The fourth-order valence-electron chi connectivity index (χ4n) is 6.88. The predicted octanol–water partition coefficient (Wildman–Crippen LogP) is 11.5. The van der Waals surface area contributed by atoms with Crippen molar-refractivity contribution in [2.45, 2.75) is 163 Å². The molecule has 58 heavy (non-hydrogen) atoms. The lowest BCUT2D eigenvalue weighted by Crippen LogP contribution is -2.27. The van der Waals surface area contributed by atoms with Gasteiger partial charge < -0.3 is 18.9 Å². The van der Waals surface area contributed by atoms with E-state index in [0.717, 1.165) is 40.1 Å². The summed E-state index contributed by atoms with van der Waals surface area (Å²) in [7, 11) is 0. The van der Waals surface area contributed by atoms with Gasteiger partial charge >= 0.3 is 11.9 Å². The number of carbonyl (C=O) groups excluding carboxylic acids is 2. The van der Waals surface area contributed by atoms with Gasteiger partial charge in [-0.15, -0.1) is 5.10 Å². The van der Waals surface area contributed by atoms with E-state index in [9.17, 15) is 9.59 Å². The first-order chi connectivity index (χ1) is 27.3. The number of azide groups is 1. The normalized spacial score (nSPS) is 16.5. The zero-order valence-corrected chi connectivity index (χ0v) is 38.4. The molecule has 1 aromatic heterocycles. The van der Waals surface area contributed by atoms with Crippen LogP contribution >= 0.6 is 22.6 Å². The van der Waals surface area contributed by atoms with Gasteiger partial charge in [0.05, 0.1) is 37.8 Å². The molecular formula is C45H67IN6O6. The fraction of sp³-hybridized carbons (Fsp3) is 0.644. The van der Waals surface area contributed by atoms with E-state index in [-0.39, 0.29) is 30.8 Å². The molecular weight excluding hydrogens is 847 g/mol. The van der Waals surface area contributed by atoms with E-state index in [0.29, 0.717) is 44.2 Å². The number of hydrogen-bond donors (Lipinski definition) is 0. The van der Waals surface area contributed by atoms with E-state index in [1.807, 2.05) is 94.8 Å². The lowest BCUT2D eigenvalue weighted by Gasteiger charge is -2.38. The monoisotopic (exact) mass is 914 g/mol. The van der Waals surface area contributed by atoms with Gasteiger partial charge in [-0.2, -0.15) is 0 Å². The molecule has 0 N–H and O–H groups in total. The summed E-state index contributed by atoms with van der Waals surface area (Å²) in [4.78, 5) is 27.3. The van der Waals surface area contributed by atoms with E-state index in [2.05, 4.69) is 75.8 Å². The third-order valence-electron chi connectivity index (χ3n) is 9.27. The van der Waals surface area contributed by atoms with E-state index in [1.165, 1.54) is 24.8 Å². The number of aromatic nitrogens is 3. The Morgan fingerprint density at radius 2 is 1.31 bits per heavy atom. The summed E-state index contributed by atoms with van der Waals surface area (Å²) in [5, 5.41) is 12.8. The van der Waals surface area contributed by atoms with Gasteiger partial charge in [-0.25, -0.2) is 4.68 Å². The number of ether oxygens (including phenoxy) is 4. The van der Waals surface area contributed by atoms with Gasteiger partial charge in [0, 0.05) is 30.1 Å². The molecule has 1 aliphatic carbocycles. The molecule has 1 fully saturated rings. The van der Waals surface area contributed by atoms with Crippen LogP contribution in [0.3, 0.4) is 0 Å². The van der Waals surface area contributed by atoms with Gasteiger partial charge in [0.25, 0.3) is 0 Å². The van der Waals surface area contributed by atoms with Crippen LogP contribution in [0.1, 0.15) is 149 Å². The second-order valence-electron chi connectivity index (χ2n) is 18.5. The second kappa shape index (κ2) is 23.9. The molecule has 0 amide bonds. The molecule has 0 unspecified atom stereocenters. The third-order valence-corrected chi connectivity index (χ3v) is 10.3. The van der Waals surface area contributed by atoms with Crippen LogP contribution in [0, 0.1) is 15.0 Å². The topological polar surface area (TPSA) is 151 Å². The number of hydrogen-bond acceptors (Lipinski definition) is 9. The highest BCUT2D eigenvalue weighted by atomic mass is 127. The molecule has 320 valence electrons. The summed E-state index contributed by atoms with van der Waals surface area (Å²) in [5.74, 6) is 0.689. The average Bonchev–Trinajstić information content (AvgIpc) is 3.48. The van der Waals surface area contributed by atoms with E-state index < -0.39 is 17.2 Å². The maximum absolute atomic E-state index is 12.7. The van der Waals surface area contributed by atoms with E-state index >= 15 is 0 Å². The average molecular weight is 915 g/mol. The highest BCUT2D eigenvalue weighted by molar-refractivity contribution is 14.1. The highest BCUT2D eigenvalue weighted by Gasteiger charge is 2.37. The maximum Gasteiger partial charge on any atom is 0.308 e. The minimum Gasteiger partial charge on any atom is -0.460 e. The molecule has 1 aliphatic rings. The van der Waals surface area contributed by atoms with Crippen LogP contribution in [0.25, 0.3) is 10.4 Å². The Labute approximate surface area is 360 Å². The fourth-order valence-corrected chi connectivity index (χ4v) is 7.91. The number of halogens is 1. The summed E-state index contributed by atoms with van der Waals surface area (Å²) < 4.78 is 25.3. The number of benzene rings is 2. The molecule has 0 bridgehead atoms. The van der Waals surface area contributed by atoms with Gasteiger partial charge in [-0.3, -0.25) is 9.59 Å². The van der Waals surface area contributed by atoms with Crippen LogP contribution in [-0.2, 0) is 41.8 Å².